The minimum atomic E-state index is -1.00. The molecule has 6 heteroatoms. The SMILES string of the molecule is CC(C)(C)C(C)(C)OB(O)c1cccc(B2OC(C)(C)C(C)(C)O2)c1. The van der Waals surface area contributed by atoms with E-state index < -0.39 is 31.0 Å². The van der Waals surface area contributed by atoms with Gasteiger partial charge in [-0.3, -0.25) is 0 Å². The van der Waals surface area contributed by atoms with Crippen LogP contribution in [0.15, 0.2) is 24.3 Å². The number of rotatable bonds is 4. The van der Waals surface area contributed by atoms with Crippen molar-refractivity contribution < 1.29 is 19.0 Å². The van der Waals surface area contributed by atoms with Gasteiger partial charge in [-0.15, -0.1) is 0 Å². The first-order valence-corrected chi connectivity index (χ1v) is 8.98. The van der Waals surface area contributed by atoms with E-state index in [1.807, 2.05) is 65.8 Å². The van der Waals surface area contributed by atoms with E-state index in [0.29, 0.717) is 5.46 Å². The van der Waals surface area contributed by atoms with Crippen molar-refractivity contribution in [2.45, 2.75) is 79.1 Å². The summed E-state index contributed by atoms with van der Waals surface area (Å²) in [5.74, 6) is 0. The average Bonchev–Trinajstić information content (AvgIpc) is 2.66. The third-order valence-corrected chi connectivity index (χ3v) is 5.93. The quantitative estimate of drug-likeness (QED) is 0.852. The van der Waals surface area contributed by atoms with Gasteiger partial charge in [-0.25, -0.2) is 0 Å². The van der Waals surface area contributed by atoms with E-state index in [0.717, 1.165) is 5.46 Å². The zero-order chi connectivity index (χ0) is 19.3. The lowest BCUT2D eigenvalue weighted by molar-refractivity contribution is -0.0129. The van der Waals surface area contributed by atoms with Gasteiger partial charge in [0.2, 0.25) is 0 Å². The van der Waals surface area contributed by atoms with Crippen LogP contribution >= 0.6 is 0 Å². The van der Waals surface area contributed by atoms with E-state index >= 15 is 0 Å². The fraction of sp³-hybridized carbons (Fsp3) is 0.684. The van der Waals surface area contributed by atoms with Crippen LogP contribution in [0.4, 0.5) is 0 Å². The van der Waals surface area contributed by atoms with Crippen molar-refractivity contribution in [3.05, 3.63) is 24.3 Å². The lowest BCUT2D eigenvalue weighted by Gasteiger charge is -2.40. The Kier molecular flexibility index (Phi) is 5.26. The highest BCUT2D eigenvalue weighted by Crippen LogP contribution is 2.36. The van der Waals surface area contributed by atoms with E-state index in [9.17, 15) is 5.02 Å². The predicted molar refractivity (Wildman–Crippen MR) is 104 cm³/mol. The molecular weight excluding hydrogens is 314 g/mol. The standard InChI is InChI=1S/C19H32B2O4/c1-16(2,3)17(4,5)23-20(22)14-11-10-12-15(13-14)21-24-18(6,7)19(8,9)25-21/h10-13,22H,1-9H3. The summed E-state index contributed by atoms with van der Waals surface area (Å²) in [5, 5.41) is 10.6. The maximum atomic E-state index is 10.6. The molecule has 0 atom stereocenters. The Morgan fingerprint density at radius 1 is 1.00 bits per heavy atom. The lowest BCUT2D eigenvalue weighted by Crippen LogP contribution is -2.49. The molecule has 0 spiro atoms. The summed E-state index contributed by atoms with van der Waals surface area (Å²) in [5.41, 5.74) is 0.217. The first-order chi connectivity index (χ1) is 11.2. The topological polar surface area (TPSA) is 47.9 Å². The fourth-order valence-corrected chi connectivity index (χ4v) is 2.36. The first kappa shape index (κ1) is 20.5. The molecule has 1 fully saturated rings. The third-order valence-electron chi connectivity index (χ3n) is 5.93. The third kappa shape index (κ3) is 4.13. The van der Waals surface area contributed by atoms with Gasteiger partial charge in [0, 0.05) is 0 Å². The van der Waals surface area contributed by atoms with Gasteiger partial charge in [0.25, 0.3) is 0 Å². The number of hydrogen-bond acceptors (Lipinski definition) is 4. The van der Waals surface area contributed by atoms with Gasteiger partial charge >= 0.3 is 14.2 Å². The first-order valence-electron chi connectivity index (χ1n) is 8.98. The molecule has 1 aromatic carbocycles. The maximum Gasteiger partial charge on any atom is 0.494 e. The Labute approximate surface area is 153 Å². The van der Waals surface area contributed by atoms with Gasteiger partial charge in [-0.2, -0.15) is 0 Å². The molecule has 25 heavy (non-hydrogen) atoms. The Morgan fingerprint density at radius 3 is 2.00 bits per heavy atom. The molecule has 1 heterocycles. The smallest absolute Gasteiger partial charge is 0.423 e. The molecule has 1 saturated heterocycles. The highest BCUT2D eigenvalue weighted by Gasteiger charge is 2.51. The summed E-state index contributed by atoms with van der Waals surface area (Å²) in [6, 6.07) is 7.60. The minimum Gasteiger partial charge on any atom is -0.423 e. The maximum absolute atomic E-state index is 10.6. The van der Waals surface area contributed by atoms with Gasteiger partial charge in [0.05, 0.1) is 16.8 Å². The van der Waals surface area contributed by atoms with Crippen molar-refractivity contribution in [1.82, 2.24) is 0 Å². The summed E-state index contributed by atoms with van der Waals surface area (Å²) < 4.78 is 18.2. The van der Waals surface area contributed by atoms with Crippen LogP contribution in [-0.4, -0.2) is 36.1 Å². The van der Waals surface area contributed by atoms with E-state index in [-0.39, 0.29) is 5.41 Å². The number of hydrogen-bond donors (Lipinski definition) is 1. The van der Waals surface area contributed by atoms with Crippen LogP contribution in [0.5, 0.6) is 0 Å². The Balaban J connectivity index is 2.20. The highest BCUT2D eigenvalue weighted by atomic mass is 16.7. The summed E-state index contributed by atoms with van der Waals surface area (Å²) >= 11 is 0. The molecule has 2 rings (SSSR count). The average molecular weight is 346 g/mol. The molecule has 1 aromatic rings. The van der Waals surface area contributed by atoms with Crippen LogP contribution in [0.3, 0.4) is 0 Å². The normalized spacial score (nSPS) is 20.0. The van der Waals surface area contributed by atoms with Crippen molar-refractivity contribution in [3.63, 3.8) is 0 Å². The summed E-state index contributed by atoms with van der Waals surface area (Å²) in [7, 11) is -1.45. The molecule has 0 saturated carbocycles. The highest BCUT2D eigenvalue weighted by molar-refractivity contribution is 6.65. The Hall–Kier alpha value is -0.810. The van der Waals surface area contributed by atoms with Crippen molar-refractivity contribution in [3.8, 4) is 0 Å². The second kappa shape index (κ2) is 6.41. The summed E-state index contributed by atoms with van der Waals surface area (Å²) in [6.07, 6.45) is 0. The lowest BCUT2D eigenvalue weighted by atomic mass is 9.70. The molecule has 4 nitrogen and oxygen atoms in total. The van der Waals surface area contributed by atoms with Crippen molar-refractivity contribution in [1.29, 1.82) is 0 Å². The second-order valence-corrected chi connectivity index (χ2v) is 9.49. The van der Waals surface area contributed by atoms with Gasteiger partial charge < -0.3 is 19.0 Å². The number of benzene rings is 1. The largest absolute Gasteiger partial charge is 0.494 e. The van der Waals surface area contributed by atoms with Crippen LogP contribution in [0, 0.1) is 5.41 Å². The molecular formula is C19H32B2O4. The monoisotopic (exact) mass is 346 g/mol. The van der Waals surface area contributed by atoms with Gasteiger partial charge in [-0.1, -0.05) is 45.0 Å². The van der Waals surface area contributed by atoms with Gasteiger partial charge in [0.15, 0.2) is 0 Å². The van der Waals surface area contributed by atoms with E-state index in [1.165, 1.54) is 0 Å². The van der Waals surface area contributed by atoms with Crippen LogP contribution in [0.1, 0.15) is 62.3 Å². The zero-order valence-corrected chi connectivity index (χ0v) is 17.1. The van der Waals surface area contributed by atoms with Gasteiger partial charge in [-0.05, 0) is 57.9 Å². The van der Waals surface area contributed by atoms with E-state index in [2.05, 4.69) is 20.8 Å². The predicted octanol–water partition coefficient (Wildman–Crippen LogP) is 2.51. The minimum absolute atomic E-state index is 0.0999. The van der Waals surface area contributed by atoms with Crippen LogP contribution in [0.2, 0.25) is 0 Å². The fourth-order valence-electron chi connectivity index (χ4n) is 2.36. The molecule has 0 radical (unpaired) electrons. The van der Waals surface area contributed by atoms with Crippen LogP contribution in [-0.2, 0) is 14.0 Å². The van der Waals surface area contributed by atoms with Crippen LogP contribution in [0.25, 0.3) is 0 Å². The molecule has 0 unspecified atom stereocenters. The second-order valence-electron chi connectivity index (χ2n) is 9.49. The van der Waals surface area contributed by atoms with Crippen LogP contribution < -0.4 is 10.9 Å². The molecule has 1 aliphatic heterocycles. The summed E-state index contributed by atoms with van der Waals surface area (Å²) in [6.45, 7) is 18.4. The molecule has 0 aromatic heterocycles. The Morgan fingerprint density at radius 2 is 1.52 bits per heavy atom. The summed E-state index contributed by atoms with van der Waals surface area (Å²) in [4.78, 5) is 0. The van der Waals surface area contributed by atoms with Crippen molar-refractivity contribution in [2.75, 3.05) is 0 Å². The van der Waals surface area contributed by atoms with Crippen molar-refractivity contribution >= 4 is 25.2 Å². The van der Waals surface area contributed by atoms with Crippen molar-refractivity contribution in [2.24, 2.45) is 5.41 Å². The molecule has 0 bridgehead atoms. The Bertz CT molecular complexity index is 604. The van der Waals surface area contributed by atoms with Gasteiger partial charge in [0.1, 0.15) is 0 Å². The molecule has 0 aliphatic carbocycles. The molecule has 0 amide bonds. The molecule has 138 valence electrons. The zero-order valence-electron chi connectivity index (χ0n) is 17.1. The molecule has 1 aliphatic rings. The van der Waals surface area contributed by atoms with E-state index in [1.54, 1.807) is 0 Å². The molecule has 1 N–H and O–H groups in total. The van der Waals surface area contributed by atoms with E-state index in [4.69, 9.17) is 14.0 Å².